The molecule has 0 saturated carbocycles. The number of amides is 1. The Morgan fingerprint density at radius 3 is 2.32 bits per heavy atom. The number of halogens is 1. The van der Waals surface area contributed by atoms with Crippen LogP contribution in [-0.2, 0) is 11.2 Å². The first kappa shape index (κ1) is 25.5. The average molecular weight is 516 g/mol. The molecule has 0 fully saturated rings. The molecule has 1 heterocycles. The summed E-state index contributed by atoms with van der Waals surface area (Å²) in [6, 6.07) is 20.0. The largest absolute Gasteiger partial charge is 0.478 e. The van der Waals surface area contributed by atoms with Gasteiger partial charge >= 0.3 is 5.97 Å². The summed E-state index contributed by atoms with van der Waals surface area (Å²) in [5, 5.41) is 16.5. The van der Waals surface area contributed by atoms with Gasteiger partial charge in [0, 0.05) is 34.3 Å². The first-order valence-electron chi connectivity index (χ1n) is 11.3. The standard InChI is InChI=1S/C28H22ClN3O5/c1-17(33)23-12-9-21(29)15-24(23)20-14-26(34)32(30-16-20)25(13-18-5-3-2-4-6-18)27(35)31-22-10-7-19(8-11-22)28(36)37/h2-12,14-16,25H,13H2,1H3,(H,31,35)(H,36,37). The van der Waals surface area contributed by atoms with E-state index in [2.05, 4.69) is 10.4 Å². The van der Waals surface area contributed by atoms with Crippen molar-refractivity contribution in [2.45, 2.75) is 19.4 Å². The van der Waals surface area contributed by atoms with E-state index in [1.165, 1.54) is 43.5 Å². The number of aromatic nitrogens is 2. The molecule has 0 bridgehead atoms. The zero-order chi connectivity index (χ0) is 26.5. The maximum absolute atomic E-state index is 13.3. The van der Waals surface area contributed by atoms with Gasteiger partial charge in [0.2, 0.25) is 5.91 Å². The maximum Gasteiger partial charge on any atom is 0.335 e. The van der Waals surface area contributed by atoms with Crippen molar-refractivity contribution in [2.24, 2.45) is 0 Å². The summed E-state index contributed by atoms with van der Waals surface area (Å²) in [7, 11) is 0. The number of nitrogens with one attached hydrogen (secondary N) is 1. The lowest BCUT2D eigenvalue weighted by atomic mass is 9.99. The van der Waals surface area contributed by atoms with E-state index in [9.17, 15) is 19.2 Å². The summed E-state index contributed by atoms with van der Waals surface area (Å²) in [4.78, 5) is 49.8. The minimum absolute atomic E-state index is 0.0817. The number of carbonyl (C=O) groups is 3. The second-order valence-corrected chi connectivity index (χ2v) is 8.79. The van der Waals surface area contributed by atoms with Crippen molar-refractivity contribution in [2.75, 3.05) is 5.32 Å². The van der Waals surface area contributed by atoms with Gasteiger partial charge in [-0.3, -0.25) is 14.4 Å². The van der Waals surface area contributed by atoms with E-state index in [0.717, 1.165) is 10.2 Å². The molecular formula is C28H22ClN3O5. The molecule has 9 heteroatoms. The molecule has 2 N–H and O–H groups in total. The summed E-state index contributed by atoms with van der Waals surface area (Å²) in [5.74, 6) is -1.77. The molecule has 4 rings (SSSR count). The topological polar surface area (TPSA) is 118 Å². The molecule has 3 aromatic carbocycles. The van der Waals surface area contributed by atoms with Gasteiger partial charge in [-0.25, -0.2) is 9.48 Å². The Morgan fingerprint density at radius 1 is 1.00 bits per heavy atom. The fourth-order valence-electron chi connectivity index (χ4n) is 3.91. The van der Waals surface area contributed by atoms with E-state index in [0.29, 0.717) is 27.4 Å². The molecule has 1 aromatic heterocycles. The smallest absolute Gasteiger partial charge is 0.335 e. The summed E-state index contributed by atoms with van der Waals surface area (Å²) < 4.78 is 1.09. The number of nitrogens with zero attached hydrogens (tertiary/aromatic N) is 2. The van der Waals surface area contributed by atoms with Gasteiger partial charge in [-0.1, -0.05) is 41.9 Å². The molecule has 0 aliphatic carbocycles. The number of carboxylic acids is 1. The van der Waals surface area contributed by atoms with Crippen molar-refractivity contribution < 1.29 is 19.5 Å². The molecule has 0 aliphatic heterocycles. The van der Waals surface area contributed by atoms with Gasteiger partial charge in [0.15, 0.2) is 5.78 Å². The van der Waals surface area contributed by atoms with Crippen LogP contribution in [0, 0.1) is 0 Å². The Balaban J connectivity index is 1.71. The van der Waals surface area contributed by atoms with E-state index in [4.69, 9.17) is 16.7 Å². The van der Waals surface area contributed by atoms with Crippen LogP contribution in [0.25, 0.3) is 11.1 Å². The third-order valence-corrected chi connectivity index (χ3v) is 6.00. The third kappa shape index (κ3) is 5.99. The van der Waals surface area contributed by atoms with Crippen molar-refractivity contribution in [3.8, 4) is 11.1 Å². The Labute approximate surface area is 217 Å². The minimum atomic E-state index is -1.08. The summed E-state index contributed by atoms with van der Waals surface area (Å²) in [5.41, 5.74) is 2.00. The number of hydrogen-bond donors (Lipinski definition) is 2. The van der Waals surface area contributed by atoms with E-state index >= 15 is 0 Å². The predicted octanol–water partition coefficient (Wildman–Crippen LogP) is 4.89. The Hall–Kier alpha value is -4.56. The Morgan fingerprint density at radius 2 is 1.70 bits per heavy atom. The normalized spacial score (nSPS) is 11.5. The minimum Gasteiger partial charge on any atom is -0.478 e. The lowest BCUT2D eigenvalue weighted by Gasteiger charge is -2.19. The molecule has 37 heavy (non-hydrogen) atoms. The lowest BCUT2D eigenvalue weighted by Crippen LogP contribution is -2.36. The van der Waals surface area contributed by atoms with Crippen LogP contribution in [0.4, 0.5) is 5.69 Å². The second kappa shape index (κ2) is 11.0. The van der Waals surface area contributed by atoms with Crippen LogP contribution in [0.2, 0.25) is 5.02 Å². The fraction of sp³-hybridized carbons (Fsp3) is 0.107. The molecule has 0 radical (unpaired) electrons. The van der Waals surface area contributed by atoms with Gasteiger partial charge in [0.05, 0.1) is 11.8 Å². The van der Waals surface area contributed by atoms with Gasteiger partial charge in [0.1, 0.15) is 6.04 Å². The molecule has 4 aromatic rings. The highest BCUT2D eigenvalue weighted by Gasteiger charge is 2.24. The van der Waals surface area contributed by atoms with Gasteiger partial charge in [-0.05, 0) is 60.5 Å². The molecule has 8 nitrogen and oxygen atoms in total. The first-order chi connectivity index (χ1) is 17.7. The number of rotatable bonds is 8. The van der Waals surface area contributed by atoms with Crippen molar-refractivity contribution in [3.05, 3.63) is 117 Å². The van der Waals surface area contributed by atoms with Crippen LogP contribution in [0.15, 0.2) is 89.9 Å². The average Bonchev–Trinajstić information content (AvgIpc) is 2.88. The summed E-state index contributed by atoms with van der Waals surface area (Å²) >= 11 is 6.13. The highest BCUT2D eigenvalue weighted by Crippen LogP contribution is 2.27. The second-order valence-electron chi connectivity index (χ2n) is 8.35. The van der Waals surface area contributed by atoms with Gasteiger partial charge in [-0.2, -0.15) is 5.10 Å². The van der Waals surface area contributed by atoms with Crippen LogP contribution in [0.3, 0.4) is 0 Å². The number of Topliss-reactive ketones (excluding diaryl/α,β-unsaturated/α-hetero) is 1. The maximum atomic E-state index is 13.3. The Kier molecular flexibility index (Phi) is 7.60. The monoisotopic (exact) mass is 515 g/mol. The van der Waals surface area contributed by atoms with Gasteiger partial charge in [-0.15, -0.1) is 0 Å². The van der Waals surface area contributed by atoms with Gasteiger partial charge in [0.25, 0.3) is 5.56 Å². The number of ketones is 1. The molecule has 0 saturated heterocycles. The van der Waals surface area contributed by atoms with E-state index in [-0.39, 0.29) is 17.8 Å². The number of anilines is 1. The molecule has 0 spiro atoms. The van der Waals surface area contributed by atoms with Crippen molar-refractivity contribution in [3.63, 3.8) is 0 Å². The SMILES string of the molecule is CC(=O)c1ccc(Cl)cc1-c1cnn(C(Cc2ccccc2)C(=O)Nc2ccc(C(=O)O)cc2)c(=O)c1. The summed E-state index contributed by atoms with van der Waals surface area (Å²) in [6.45, 7) is 1.42. The van der Waals surface area contributed by atoms with Crippen LogP contribution < -0.4 is 10.9 Å². The third-order valence-electron chi connectivity index (χ3n) is 5.77. The van der Waals surface area contributed by atoms with E-state index in [1.54, 1.807) is 18.2 Å². The number of hydrogen-bond acceptors (Lipinski definition) is 5. The number of carboxylic acid groups (broad SMARTS) is 1. The van der Waals surface area contributed by atoms with E-state index < -0.39 is 23.5 Å². The Bertz CT molecular complexity index is 1530. The van der Waals surface area contributed by atoms with Crippen molar-refractivity contribution in [1.82, 2.24) is 9.78 Å². The highest BCUT2D eigenvalue weighted by atomic mass is 35.5. The zero-order valence-corrected chi connectivity index (χ0v) is 20.5. The van der Waals surface area contributed by atoms with Crippen LogP contribution >= 0.6 is 11.6 Å². The molecule has 1 unspecified atom stereocenters. The molecule has 1 atom stereocenters. The number of benzene rings is 3. The van der Waals surface area contributed by atoms with Crippen LogP contribution in [-0.4, -0.2) is 32.5 Å². The fourth-order valence-corrected chi connectivity index (χ4v) is 4.08. The molecule has 1 amide bonds. The van der Waals surface area contributed by atoms with Crippen molar-refractivity contribution >= 4 is 34.9 Å². The quantitative estimate of drug-likeness (QED) is 0.323. The van der Waals surface area contributed by atoms with E-state index in [1.807, 2.05) is 30.3 Å². The zero-order valence-electron chi connectivity index (χ0n) is 19.7. The molecular weight excluding hydrogens is 494 g/mol. The van der Waals surface area contributed by atoms with Crippen LogP contribution in [0.1, 0.15) is 39.2 Å². The predicted molar refractivity (Wildman–Crippen MR) is 140 cm³/mol. The summed E-state index contributed by atoms with van der Waals surface area (Å²) in [6.07, 6.45) is 1.61. The number of aromatic carboxylic acids is 1. The lowest BCUT2D eigenvalue weighted by molar-refractivity contribution is -0.119. The first-order valence-corrected chi connectivity index (χ1v) is 11.7. The van der Waals surface area contributed by atoms with Crippen LogP contribution in [0.5, 0.6) is 0 Å². The number of carbonyl (C=O) groups excluding carboxylic acids is 2. The molecule has 186 valence electrons. The molecule has 0 aliphatic rings. The van der Waals surface area contributed by atoms with Crippen molar-refractivity contribution in [1.29, 1.82) is 0 Å². The van der Waals surface area contributed by atoms with Gasteiger partial charge < -0.3 is 10.4 Å². The highest BCUT2D eigenvalue weighted by molar-refractivity contribution is 6.31.